The van der Waals surface area contributed by atoms with E-state index in [9.17, 15) is 4.79 Å². The molecule has 0 unspecified atom stereocenters. The van der Waals surface area contributed by atoms with E-state index in [4.69, 9.17) is 15.2 Å². The van der Waals surface area contributed by atoms with Crippen LogP contribution in [0.2, 0.25) is 0 Å². The molecule has 0 saturated carbocycles. The maximum Gasteiger partial charge on any atom is 0.221 e. The molecule has 0 aliphatic rings. The van der Waals surface area contributed by atoms with E-state index in [1.54, 1.807) is 25.3 Å². The first-order valence-electron chi connectivity index (χ1n) is 7.33. The zero-order chi connectivity index (χ0) is 17.2. The molecule has 0 spiro atoms. The number of nitrogens with zero attached hydrogens (tertiary/aromatic N) is 1. The number of hydrogen-bond acceptors (Lipinski definition) is 5. The van der Waals surface area contributed by atoms with Crippen LogP contribution in [-0.4, -0.2) is 39.3 Å². The smallest absolute Gasteiger partial charge is 0.221 e. The Hall–Kier alpha value is -2.47. The SMILES string of the molecule is C=CCN(CC=C)c1cc(OCCOC)c(N)cc1NC(C)=O. The number of carbonyl (C=O) groups excluding carboxylic acids is 1. The van der Waals surface area contributed by atoms with Gasteiger partial charge in [-0.1, -0.05) is 12.2 Å². The normalized spacial score (nSPS) is 10.0. The second-order valence-electron chi connectivity index (χ2n) is 4.91. The van der Waals surface area contributed by atoms with Crippen LogP contribution in [0.4, 0.5) is 17.1 Å². The minimum absolute atomic E-state index is 0.171. The molecular formula is C17H25N3O3. The molecule has 0 fully saturated rings. The Morgan fingerprint density at radius 2 is 1.96 bits per heavy atom. The van der Waals surface area contributed by atoms with Gasteiger partial charge in [0.1, 0.15) is 12.4 Å². The van der Waals surface area contributed by atoms with E-state index in [1.165, 1.54) is 6.92 Å². The summed E-state index contributed by atoms with van der Waals surface area (Å²) >= 11 is 0. The Morgan fingerprint density at radius 3 is 2.48 bits per heavy atom. The number of anilines is 3. The van der Waals surface area contributed by atoms with E-state index < -0.39 is 0 Å². The minimum atomic E-state index is -0.171. The molecule has 6 nitrogen and oxygen atoms in total. The van der Waals surface area contributed by atoms with Crippen molar-refractivity contribution in [3.63, 3.8) is 0 Å². The van der Waals surface area contributed by atoms with Gasteiger partial charge in [0.15, 0.2) is 0 Å². The second kappa shape index (κ2) is 9.53. The van der Waals surface area contributed by atoms with Gasteiger partial charge >= 0.3 is 0 Å². The number of nitrogens with one attached hydrogen (secondary N) is 1. The van der Waals surface area contributed by atoms with Gasteiger partial charge in [0.2, 0.25) is 5.91 Å². The van der Waals surface area contributed by atoms with Crippen molar-refractivity contribution in [2.75, 3.05) is 49.4 Å². The monoisotopic (exact) mass is 319 g/mol. The van der Waals surface area contributed by atoms with Crippen LogP contribution in [0.5, 0.6) is 5.75 Å². The van der Waals surface area contributed by atoms with Gasteiger partial charge in [0, 0.05) is 33.2 Å². The fourth-order valence-corrected chi connectivity index (χ4v) is 2.08. The zero-order valence-corrected chi connectivity index (χ0v) is 13.8. The molecule has 0 aromatic heterocycles. The van der Waals surface area contributed by atoms with Crippen LogP contribution in [0.1, 0.15) is 6.92 Å². The maximum absolute atomic E-state index is 11.5. The second-order valence-corrected chi connectivity index (χ2v) is 4.91. The molecule has 1 aromatic carbocycles. The van der Waals surface area contributed by atoms with Gasteiger partial charge in [-0.2, -0.15) is 0 Å². The molecule has 0 atom stereocenters. The largest absolute Gasteiger partial charge is 0.489 e. The van der Waals surface area contributed by atoms with Crippen molar-refractivity contribution in [1.82, 2.24) is 0 Å². The molecule has 1 aromatic rings. The Morgan fingerprint density at radius 1 is 1.30 bits per heavy atom. The lowest BCUT2D eigenvalue weighted by molar-refractivity contribution is -0.114. The van der Waals surface area contributed by atoms with Crippen molar-refractivity contribution in [2.24, 2.45) is 0 Å². The lowest BCUT2D eigenvalue weighted by Crippen LogP contribution is -2.25. The van der Waals surface area contributed by atoms with E-state index in [-0.39, 0.29) is 5.91 Å². The number of rotatable bonds is 10. The fraction of sp³-hybridized carbons (Fsp3) is 0.353. The molecule has 0 radical (unpaired) electrons. The molecule has 1 amide bonds. The van der Waals surface area contributed by atoms with E-state index in [0.29, 0.717) is 43.4 Å². The van der Waals surface area contributed by atoms with Crippen molar-refractivity contribution in [2.45, 2.75) is 6.92 Å². The van der Waals surface area contributed by atoms with Crippen molar-refractivity contribution >= 4 is 23.0 Å². The van der Waals surface area contributed by atoms with E-state index in [1.807, 2.05) is 11.0 Å². The van der Waals surface area contributed by atoms with E-state index in [0.717, 1.165) is 5.69 Å². The summed E-state index contributed by atoms with van der Waals surface area (Å²) in [6, 6.07) is 3.50. The summed E-state index contributed by atoms with van der Waals surface area (Å²) in [6.45, 7) is 11.0. The first kappa shape index (κ1) is 18.6. The number of ether oxygens (including phenoxy) is 2. The number of benzene rings is 1. The average molecular weight is 319 g/mol. The predicted octanol–water partition coefficient (Wildman–Crippen LogP) is 2.43. The van der Waals surface area contributed by atoms with Crippen LogP contribution in [0.15, 0.2) is 37.4 Å². The molecule has 6 heteroatoms. The van der Waals surface area contributed by atoms with Crippen molar-refractivity contribution in [1.29, 1.82) is 0 Å². The molecular weight excluding hydrogens is 294 g/mol. The maximum atomic E-state index is 11.5. The third-order valence-corrected chi connectivity index (χ3v) is 3.02. The van der Waals surface area contributed by atoms with Gasteiger partial charge in [-0.3, -0.25) is 4.79 Å². The standard InChI is InChI=1S/C17H25N3O3/c1-5-7-20(8-6-2)16-12-17(23-10-9-22-4)14(18)11-15(16)19-13(3)21/h5-6,11-12H,1-2,7-10,18H2,3-4H3,(H,19,21). The number of carbonyl (C=O) groups is 1. The average Bonchev–Trinajstić information content (AvgIpc) is 2.49. The van der Waals surface area contributed by atoms with Crippen molar-refractivity contribution in [3.05, 3.63) is 37.4 Å². The lowest BCUT2D eigenvalue weighted by Gasteiger charge is -2.26. The van der Waals surface area contributed by atoms with Crippen LogP contribution in [0.25, 0.3) is 0 Å². The number of methoxy groups -OCH3 is 1. The highest BCUT2D eigenvalue weighted by Gasteiger charge is 2.15. The summed E-state index contributed by atoms with van der Waals surface area (Å²) in [5, 5.41) is 2.80. The topological polar surface area (TPSA) is 76.8 Å². The predicted molar refractivity (Wildman–Crippen MR) is 95.1 cm³/mol. The summed E-state index contributed by atoms with van der Waals surface area (Å²) in [4.78, 5) is 13.5. The Labute approximate surface area is 137 Å². The van der Waals surface area contributed by atoms with Gasteiger partial charge in [0.05, 0.1) is 23.7 Å². The summed E-state index contributed by atoms with van der Waals surface area (Å²) in [5.41, 5.74) is 7.89. The molecule has 0 saturated heterocycles. The fourth-order valence-electron chi connectivity index (χ4n) is 2.08. The first-order chi connectivity index (χ1) is 11.0. The highest BCUT2D eigenvalue weighted by molar-refractivity contribution is 5.94. The van der Waals surface area contributed by atoms with Crippen molar-refractivity contribution in [3.8, 4) is 5.75 Å². The zero-order valence-electron chi connectivity index (χ0n) is 13.8. The molecule has 0 bridgehead atoms. The summed E-state index contributed by atoms with van der Waals surface area (Å²) in [6.07, 6.45) is 3.56. The third kappa shape index (κ3) is 5.67. The van der Waals surface area contributed by atoms with Gasteiger partial charge in [-0.15, -0.1) is 13.2 Å². The number of hydrogen-bond donors (Lipinski definition) is 2. The van der Waals surface area contributed by atoms with Crippen LogP contribution >= 0.6 is 0 Å². The molecule has 0 aliphatic heterocycles. The summed E-state index contributed by atoms with van der Waals surface area (Å²) in [5.74, 6) is 0.375. The third-order valence-electron chi connectivity index (χ3n) is 3.02. The molecule has 126 valence electrons. The van der Waals surface area contributed by atoms with Gasteiger partial charge in [-0.05, 0) is 6.07 Å². The molecule has 3 N–H and O–H groups in total. The number of nitrogens with two attached hydrogens (primary N) is 1. The summed E-state index contributed by atoms with van der Waals surface area (Å²) in [7, 11) is 1.61. The Bertz CT molecular complexity index is 548. The molecule has 1 rings (SSSR count). The molecule has 0 aliphatic carbocycles. The minimum Gasteiger partial charge on any atom is -0.489 e. The van der Waals surface area contributed by atoms with Gasteiger partial charge < -0.3 is 25.4 Å². The summed E-state index contributed by atoms with van der Waals surface area (Å²) < 4.78 is 10.6. The van der Waals surface area contributed by atoms with Crippen LogP contribution in [0, 0.1) is 0 Å². The Balaban J connectivity index is 3.22. The lowest BCUT2D eigenvalue weighted by atomic mass is 10.2. The van der Waals surface area contributed by atoms with Gasteiger partial charge in [0.25, 0.3) is 0 Å². The molecule has 0 heterocycles. The van der Waals surface area contributed by atoms with Crippen molar-refractivity contribution < 1.29 is 14.3 Å². The Kier molecular flexibility index (Phi) is 7.70. The number of amides is 1. The van der Waals surface area contributed by atoms with Gasteiger partial charge in [-0.25, -0.2) is 0 Å². The van der Waals surface area contributed by atoms with E-state index in [2.05, 4.69) is 18.5 Å². The number of nitrogen functional groups attached to an aromatic ring is 1. The van der Waals surface area contributed by atoms with Crippen LogP contribution < -0.4 is 20.7 Å². The highest BCUT2D eigenvalue weighted by Crippen LogP contribution is 2.35. The first-order valence-corrected chi connectivity index (χ1v) is 7.33. The van der Waals surface area contributed by atoms with E-state index >= 15 is 0 Å². The highest BCUT2D eigenvalue weighted by atomic mass is 16.5. The van der Waals surface area contributed by atoms with Crippen LogP contribution in [-0.2, 0) is 9.53 Å². The quantitative estimate of drug-likeness (QED) is 0.393. The van der Waals surface area contributed by atoms with Crippen LogP contribution in [0.3, 0.4) is 0 Å². The molecule has 23 heavy (non-hydrogen) atoms.